The number of piperidine rings is 1. The standard InChI is InChI=1S/C22H24ClN3O5S/c1-3-30-20-11-10-16(13-18(20)23)32(27,28)26-12-6-7-15(14-26)21-24-25-22(31-21)17-8-4-5-9-19(17)29-2/h4-5,8-11,13,15H,3,6-7,12,14H2,1-2H3. The van der Waals surface area contributed by atoms with E-state index in [1.165, 1.54) is 16.4 Å². The van der Waals surface area contributed by atoms with Gasteiger partial charge in [-0.25, -0.2) is 8.42 Å². The summed E-state index contributed by atoms with van der Waals surface area (Å²) in [5.41, 5.74) is 0.693. The van der Waals surface area contributed by atoms with Gasteiger partial charge in [-0.05, 0) is 50.1 Å². The number of para-hydroxylation sites is 1. The van der Waals surface area contributed by atoms with Crippen LogP contribution >= 0.6 is 11.6 Å². The molecule has 2 aromatic carbocycles. The number of sulfonamides is 1. The Labute approximate surface area is 192 Å². The molecule has 0 spiro atoms. The third-order valence-electron chi connectivity index (χ3n) is 5.35. The van der Waals surface area contributed by atoms with E-state index < -0.39 is 10.0 Å². The first-order valence-electron chi connectivity index (χ1n) is 10.3. The average molecular weight is 478 g/mol. The minimum absolute atomic E-state index is 0.131. The fourth-order valence-electron chi connectivity index (χ4n) is 3.76. The Balaban J connectivity index is 1.55. The number of benzene rings is 2. The van der Waals surface area contributed by atoms with Crippen molar-refractivity contribution >= 4 is 21.6 Å². The molecule has 8 nitrogen and oxygen atoms in total. The first-order chi connectivity index (χ1) is 15.4. The van der Waals surface area contributed by atoms with Crippen molar-refractivity contribution in [3.05, 3.63) is 53.4 Å². The molecule has 10 heteroatoms. The van der Waals surface area contributed by atoms with Gasteiger partial charge in [-0.15, -0.1) is 10.2 Å². The maximum atomic E-state index is 13.2. The van der Waals surface area contributed by atoms with Crippen molar-refractivity contribution in [2.45, 2.75) is 30.6 Å². The van der Waals surface area contributed by atoms with Crippen LogP contribution in [-0.2, 0) is 10.0 Å². The van der Waals surface area contributed by atoms with E-state index in [0.717, 1.165) is 6.42 Å². The van der Waals surface area contributed by atoms with Crippen LogP contribution in [0.2, 0.25) is 5.02 Å². The molecule has 0 bridgehead atoms. The molecular formula is C22H24ClN3O5S. The molecule has 1 saturated heterocycles. The first kappa shape index (κ1) is 22.6. The molecule has 0 radical (unpaired) electrons. The maximum absolute atomic E-state index is 13.2. The van der Waals surface area contributed by atoms with E-state index >= 15 is 0 Å². The molecule has 0 aliphatic carbocycles. The van der Waals surface area contributed by atoms with Gasteiger partial charge in [0.1, 0.15) is 11.5 Å². The second kappa shape index (κ2) is 9.48. The van der Waals surface area contributed by atoms with Crippen LogP contribution in [-0.4, -0.2) is 49.7 Å². The summed E-state index contributed by atoms with van der Waals surface area (Å²) >= 11 is 6.21. The monoisotopic (exact) mass is 477 g/mol. The van der Waals surface area contributed by atoms with E-state index in [1.54, 1.807) is 13.2 Å². The largest absolute Gasteiger partial charge is 0.496 e. The van der Waals surface area contributed by atoms with Crippen LogP contribution in [0.25, 0.3) is 11.5 Å². The number of aromatic nitrogens is 2. The minimum Gasteiger partial charge on any atom is -0.496 e. The normalized spacial score (nSPS) is 17.3. The molecule has 170 valence electrons. The van der Waals surface area contributed by atoms with Crippen LogP contribution < -0.4 is 9.47 Å². The van der Waals surface area contributed by atoms with E-state index in [9.17, 15) is 8.42 Å². The van der Waals surface area contributed by atoms with E-state index in [4.69, 9.17) is 25.5 Å². The summed E-state index contributed by atoms with van der Waals surface area (Å²) in [5, 5.41) is 8.62. The highest BCUT2D eigenvalue weighted by Gasteiger charge is 2.33. The molecule has 1 unspecified atom stereocenters. The van der Waals surface area contributed by atoms with Crippen LogP contribution in [0.3, 0.4) is 0 Å². The lowest BCUT2D eigenvalue weighted by Gasteiger charge is -2.30. The fraction of sp³-hybridized carbons (Fsp3) is 0.364. The molecule has 2 heterocycles. The number of rotatable bonds is 7. The third kappa shape index (κ3) is 4.46. The zero-order valence-electron chi connectivity index (χ0n) is 17.8. The lowest BCUT2D eigenvalue weighted by Crippen LogP contribution is -2.39. The highest BCUT2D eigenvalue weighted by molar-refractivity contribution is 7.89. The lowest BCUT2D eigenvalue weighted by molar-refractivity contribution is 0.286. The fourth-order valence-corrected chi connectivity index (χ4v) is 5.61. The van der Waals surface area contributed by atoms with Gasteiger partial charge in [0, 0.05) is 13.1 Å². The van der Waals surface area contributed by atoms with Crippen molar-refractivity contribution < 1.29 is 22.3 Å². The van der Waals surface area contributed by atoms with Crippen molar-refractivity contribution in [3.63, 3.8) is 0 Å². The number of ether oxygens (including phenoxy) is 2. The Bertz CT molecular complexity index is 1200. The molecule has 3 aromatic rings. The second-order valence-electron chi connectivity index (χ2n) is 7.37. The smallest absolute Gasteiger partial charge is 0.251 e. The Morgan fingerprint density at radius 3 is 2.75 bits per heavy atom. The number of hydrogen-bond acceptors (Lipinski definition) is 7. The first-order valence-corrected chi connectivity index (χ1v) is 12.1. The highest BCUT2D eigenvalue weighted by Crippen LogP contribution is 2.35. The van der Waals surface area contributed by atoms with Gasteiger partial charge in [-0.3, -0.25) is 0 Å². The number of methoxy groups -OCH3 is 1. The number of hydrogen-bond donors (Lipinski definition) is 0. The SMILES string of the molecule is CCOc1ccc(S(=O)(=O)N2CCCC(c3nnc(-c4ccccc4OC)o3)C2)cc1Cl. The van der Waals surface area contributed by atoms with Gasteiger partial charge in [0.05, 0.1) is 35.1 Å². The molecule has 32 heavy (non-hydrogen) atoms. The van der Waals surface area contributed by atoms with Crippen LogP contribution in [0.15, 0.2) is 51.8 Å². The van der Waals surface area contributed by atoms with Gasteiger partial charge in [0.15, 0.2) is 0 Å². The highest BCUT2D eigenvalue weighted by atomic mass is 35.5. The summed E-state index contributed by atoms with van der Waals surface area (Å²) in [6.07, 6.45) is 1.44. The van der Waals surface area contributed by atoms with Crippen molar-refractivity contribution in [1.29, 1.82) is 0 Å². The molecule has 4 rings (SSSR count). The van der Waals surface area contributed by atoms with Gasteiger partial charge in [0.25, 0.3) is 5.89 Å². The molecule has 0 N–H and O–H groups in total. The van der Waals surface area contributed by atoms with Gasteiger partial charge in [-0.2, -0.15) is 4.31 Å². The van der Waals surface area contributed by atoms with Crippen molar-refractivity contribution in [2.24, 2.45) is 0 Å². The summed E-state index contributed by atoms with van der Waals surface area (Å²) < 4.78 is 44.6. The Morgan fingerprint density at radius 2 is 2.00 bits per heavy atom. The van der Waals surface area contributed by atoms with Crippen molar-refractivity contribution in [1.82, 2.24) is 14.5 Å². The van der Waals surface area contributed by atoms with E-state index in [2.05, 4.69) is 10.2 Å². The van der Waals surface area contributed by atoms with Gasteiger partial charge < -0.3 is 13.9 Å². The van der Waals surface area contributed by atoms with Crippen LogP contribution in [0.4, 0.5) is 0 Å². The molecule has 1 aliphatic heterocycles. The minimum atomic E-state index is -3.73. The summed E-state index contributed by atoms with van der Waals surface area (Å²) in [4.78, 5) is 0.131. The molecule has 1 aliphatic rings. The Hall–Kier alpha value is -2.62. The summed E-state index contributed by atoms with van der Waals surface area (Å²) in [5.74, 6) is 1.64. The topological polar surface area (TPSA) is 94.8 Å². The predicted octanol–water partition coefficient (Wildman–Crippen LogP) is 4.37. The summed E-state index contributed by atoms with van der Waals surface area (Å²) in [6.45, 7) is 2.95. The van der Waals surface area contributed by atoms with Gasteiger partial charge >= 0.3 is 0 Å². The summed E-state index contributed by atoms with van der Waals surface area (Å²) in [6, 6.07) is 11.9. The second-order valence-corrected chi connectivity index (χ2v) is 9.72. The maximum Gasteiger partial charge on any atom is 0.251 e. The molecular weight excluding hydrogens is 454 g/mol. The van der Waals surface area contributed by atoms with E-state index in [-0.39, 0.29) is 22.4 Å². The third-order valence-corrected chi connectivity index (χ3v) is 7.51. The molecule has 1 aromatic heterocycles. The molecule has 1 atom stereocenters. The van der Waals surface area contributed by atoms with Crippen molar-refractivity contribution in [2.75, 3.05) is 26.8 Å². The van der Waals surface area contributed by atoms with Crippen LogP contribution in [0.1, 0.15) is 31.6 Å². The van der Waals surface area contributed by atoms with Crippen LogP contribution in [0, 0.1) is 0 Å². The molecule has 0 amide bonds. The summed E-state index contributed by atoms with van der Waals surface area (Å²) in [7, 11) is -2.15. The Morgan fingerprint density at radius 1 is 1.19 bits per heavy atom. The molecule has 0 saturated carbocycles. The van der Waals surface area contributed by atoms with Gasteiger partial charge in [0.2, 0.25) is 15.9 Å². The van der Waals surface area contributed by atoms with Gasteiger partial charge in [-0.1, -0.05) is 23.7 Å². The average Bonchev–Trinajstić information content (AvgIpc) is 3.31. The zero-order chi connectivity index (χ0) is 22.7. The quantitative estimate of drug-likeness (QED) is 0.498. The van der Waals surface area contributed by atoms with Crippen molar-refractivity contribution in [3.8, 4) is 23.0 Å². The van der Waals surface area contributed by atoms with Crippen LogP contribution in [0.5, 0.6) is 11.5 Å². The van der Waals surface area contributed by atoms with E-state index in [1.807, 2.05) is 31.2 Å². The lowest BCUT2D eigenvalue weighted by atomic mass is 10.00. The number of nitrogens with zero attached hydrogens (tertiary/aromatic N) is 3. The molecule has 1 fully saturated rings. The number of halogens is 1. The van der Waals surface area contributed by atoms with E-state index in [0.29, 0.717) is 48.4 Å². The zero-order valence-corrected chi connectivity index (χ0v) is 19.4. The Kier molecular flexibility index (Phi) is 6.68. The predicted molar refractivity (Wildman–Crippen MR) is 120 cm³/mol.